The second-order valence-electron chi connectivity index (χ2n) is 4.83. The van der Waals surface area contributed by atoms with Crippen molar-refractivity contribution in [2.75, 3.05) is 4.72 Å². The first-order chi connectivity index (χ1) is 11.4. The Morgan fingerprint density at radius 1 is 1.33 bits per heavy atom. The van der Waals surface area contributed by atoms with Crippen molar-refractivity contribution in [1.82, 2.24) is 15.2 Å². The summed E-state index contributed by atoms with van der Waals surface area (Å²) < 4.78 is 46.6. The molecule has 10 heteroatoms. The Labute approximate surface area is 145 Å². The maximum Gasteiger partial charge on any atom is 0.264 e. The molecule has 0 spiro atoms. The molecule has 0 saturated carbocycles. The summed E-state index contributed by atoms with van der Waals surface area (Å²) in [5, 5.41) is 7.65. The van der Waals surface area contributed by atoms with Gasteiger partial charge in [0.05, 0.1) is 5.69 Å². The van der Waals surface area contributed by atoms with E-state index in [2.05, 4.69) is 35.8 Å². The van der Waals surface area contributed by atoms with Gasteiger partial charge in [-0.15, -0.1) is 10.2 Å². The third kappa shape index (κ3) is 3.34. The van der Waals surface area contributed by atoms with E-state index in [1.54, 1.807) is 0 Å². The lowest BCUT2D eigenvalue weighted by atomic mass is 10.3. The van der Waals surface area contributed by atoms with Gasteiger partial charge in [0.25, 0.3) is 15.9 Å². The first kappa shape index (κ1) is 16.7. The quantitative estimate of drug-likeness (QED) is 0.666. The molecule has 2 N–H and O–H groups in total. The zero-order valence-electron chi connectivity index (χ0n) is 12.4. The lowest BCUT2D eigenvalue weighted by molar-refractivity contribution is 0.511. The zero-order valence-corrected chi connectivity index (χ0v) is 14.8. The van der Waals surface area contributed by atoms with Gasteiger partial charge in [-0.25, -0.2) is 12.8 Å². The fourth-order valence-electron chi connectivity index (χ4n) is 1.93. The molecule has 3 aromatic rings. The van der Waals surface area contributed by atoms with E-state index in [0.29, 0.717) is 22.5 Å². The van der Waals surface area contributed by atoms with Gasteiger partial charge < -0.3 is 9.40 Å². The number of aromatic amines is 1. The number of anilines is 1. The number of aryl methyl sites for hydroxylation is 1. The molecule has 0 aliphatic rings. The molecule has 0 aliphatic heterocycles. The van der Waals surface area contributed by atoms with Crippen LogP contribution in [0.3, 0.4) is 0 Å². The third-order valence-corrected chi connectivity index (χ3v) is 4.98. The van der Waals surface area contributed by atoms with Gasteiger partial charge in [-0.1, -0.05) is 22.9 Å². The van der Waals surface area contributed by atoms with Crippen molar-refractivity contribution in [2.45, 2.75) is 18.2 Å². The fraction of sp³-hybridized carbons (Fsp3) is 0.143. The molecule has 0 amide bonds. The number of nitrogens with zero attached hydrogens (tertiary/aromatic N) is 2. The average molecular weight is 415 g/mol. The largest absolute Gasteiger partial charge is 0.419 e. The van der Waals surface area contributed by atoms with Crippen molar-refractivity contribution in [3.63, 3.8) is 0 Å². The second-order valence-corrected chi connectivity index (χ2v) is 7.43. The maximum absolute atomic E-state index is 13.8. The average Bonchev–Trinajstić information content (AvgIpc) is 3.18. The van der Waals surface area contributed by atoms with Gasteiger partial charge in [0.2, 0.25) is 5.89 Å². The summed E-state index contributed by atoms with van der Waals surface area (Å²) in [5.74, 6) is -0.0598. The number of benzene rings is 1. The molecule has 7 nitrogen and oxygen atoms in total. The highest BCUT2D eigenvalue weighted by Crippen LogP contribution is 2.25. The van der Waals surface area contributed by atoms with Crippen LogP contribution < -0.4 is 4.72 Å². The molecule has 0 atom stereocenters. The van der Waals surface area contributed by atoms with E-state index in [1.807, 2.05) is 6.92 Å². The zero-order chi connectivity index (χ0) is 17.3. The van der Waals surface area contributed by atoms with Crippen molar-refractivity contribution >= 4 is 31.6 Å². The Kier molecular flexibility index (Phi) is 4.41. The van der Waals surface area contributed by atoms with E-state index in [4.69, 9.17) is 4.42 Å². The van der Waals surface area contributed by atoms with E-state index in [0.717, 1.165) is 0 Å². The van der Waals surface area contributed by atoms with Crippen LogP contribution in [-0.4, -0.2) is 23.6 Å². The summed E-state index contributed by atoms with van der Waals surface area (Å²) in [4.78, 5) is 2.69. The molecule has 0 saturated heterocycles. The van der Waals surface area contributed by atoms with Crippen LogP contribution in [0.5, 0.6) is 0 Å². The summed E-state index contributed by atoms with van der Waals surface area (Å²) >= 11 is 3.11. The minimum atomic E-state index is -3.96. The normalized spacial score (nSPS) is 11.6. The SMILES string of the molecule is CCc1nnc(-c2cc(S(=O)(=O)Nc3ccc(Br)cc3F)c[nH]2)o1. The Bertz CT molecular complexity index is 984. The van der Waals surface area contributed by atoms with Gasteiger partial charge in [-0.05, 0) is 24.3 Å². The Morgan fingerprint density at radius 3 is 2.79 bits per heavy atom. The Balaban J connectivity index is 1.87. The summed E-state index contributed by atoms with van der Waals surface area (Å²) in [7, 11) is -3.96. The minimum Gasteiger partial charge on any atom is -0.419 e. The van der Waals surface area contributed by atoms with Gasteiger partial charge in [0, 0.05) is 17.1 Å². The molecule has 0 fully saturated rings. The van der Waals surface area contributed by atoms with Gasteiger partial charge in [0.1, 0.15) is 16.4 Å². The van der Waals surface area contributed by atoms with E-state index >= 15 is 0 Å². The van der Waals surface area contributed by atoms with Crippen molar-refractivity contribution in [1.29, 1.82) is 0 Å². The van der Waals surface area contributed by atoms with Crippen LogP contribution in [0.1, 0.15) is 12.8 Å². The predicted molar refractivity (Wildman–Crippen MR) is 88.4 cm³/mol. The topological polar surface area (TPSA) is 101 Å². The number of hydrogen-bond acceptors (Lipinski definition) is 5. The lowest BCUT2D eigenvalue weighted by Gasteiger charge is -2.07. The van der Waals surface area contributed by atoms with Crippen LogP contribution in [0.25, 0.3) is 11.6 Å². The maximum atomic E-state index is 13.8. The molecule has 2 aromatic heterocycles. The van der Waals surface area contributed by atoms with Crippen LogP contribution in [0.15, 0.2) is 44.2 Å². The van der Waals surface area contributed by atoms with Crippen LogP contribution in [0, 0.1) is 5.82 Å². The molecule has 0 unspecified atom stereocenters. The number of nitrogens with one attached hydrogen (secondary N) is 2. The van der Waals surface area contributed by atoms with E-state index in [-0.39, 0.29) is 16.5 Å². The molecule has 126 valence electrons. The molecule has 1 aromatic carbocycles. The number of sulfonamides is 1. The summed E-state index contributed by atoms with van der Waals surface area (Å²) in [5.41, 5.74) is 0.214. The number of H-pyrrole nitrogens is 1. The summed E-state index contributed by atoms with van der Waals surface area (Å²) in [6, 6.07) is 5.38. The number of aromatic nitrogens is 3. The van der Waals surface area contributed by atoms with Gasteiger partial charge in [0.15, 0.2) is 0 Å². The number of rotatable bonds is 5. The van der Waals surface area contributed by atoms with Crippen LogP contribution in [0.4, 0.5) is 10.1 Å². The first-order valence-corrected chi connectivity index (χ1v) is 9.15. The van der Waals surface area contributed by atoms with E-state index in [1.165, 1.54) is 30.5 Å². The third-order valence-electron chi connectivity index (χ3n) is 3.14. The van der Waals surface area contributed by atoms with Crippen LogP contribution in [-0.2, 0) is 16.4 Å². The van der Waals surface area contributed by atoms with Crippen molar-refractivity contribution in [2.24, 2.45) is 0 Å². The smallest absolute Gasteiger partial charge is 0.264 e. The number of halogens is 2. The Hall–Kier alpha value is -2.20. The standard InChI is InChI=1S/C14H12BrFN4O3S/c1-2-13-18-19-14(23-13)12-6-9(7-17-12)24(21,22)20-11-4-3-8(15)5-10(11)16/h3-7,17,20H,2H2,1H3. The van der Waals surface area contributed by atoms with E-state index in [9.17, 15) is 12.8 Å². The molecule has 24 heavy (non-hydrogen) atoms. The summed E-state index contributed by atoms with van der Waals surface area (Å²) in [6.07, 6.45) is 1.84. The predicted octanol–water partition coefficient (Wildman–Crippen LogP) is 3.33. The lowest BCUT2D eigenvalue weighted by Crippen LogP contribution is -2.13. The van der Waals surface area contributed by atoms with Crippen LogP contribution >= 0.6 is 15.9 Å². The molecule has 2 heterocycles. The van der Waals surface area contributed by atoms with Crippen LogP contribution in [0.2, 0.25) is 0 Å². The highest BCUT2D eigenvalue weighted by atomic mass is 79.9. The van der Waals surface area contributed by atoms with Gasteiger partial charge in [-0.2, -0.15) is 0 Å². The highest BCUT2D eigenvalue weighted by Gasteiger charge is 2.20. The van der Waals surface area contributed by atoms with Gasteiger partial charge in [-0.3, -0.25) is 4.72 Å². The molecule has 0 aliphatic carbocycles. The van der Waals surface area contributed by atoms with Crippen molar-refractivity contribution in [3.8, 4) is 11.6 Å². The highest BCUT2D eigenvalue weighted by molar-refractivity contribution is 9.10. The molecule has 0 bridgehead atoms. The van der Waals surface area contributed by atoms with Crippen molar-refractivity contribution in [3.05, 3.63) is 46.6 Å². The molecule has 3 rings (SSSR count). The minimum absolute atomic E-state index is 0.0731. The van der Waals surface area contributed by atoms with Gasteiger partial charge >= 0.3 is 0 Å². The Morgan fingerprint density at radius 2 is 2.12 bits per heavy atom. The molecular weight excluding hydrogens is 403 g/mol. The monoisotopic (exact) mass is 414 g/mol. The second kappa shape index (κ2) is 6.36. The summed E-state index contributed by atoms with van der Waals surface area (Å²) in [6.45, 7) is 1.86. The first-order valence-electron chi connectivity index (χ1n) is 6.88. The molecular formula is C14H12BrFN4O3S. The fourth-order valence-corrected chi connectivity index (χ4v) is 3.33. The van der Waals surface area contributed by atoms with Crippen molar-refractivity contribution < 1.29 is 17.2 Å². The van der Waals surface area contributed by atoms with E-state index < -0.39 is 15.8 Å². The number of hydrogen-bond donors (Lipinski definition) is 2. The molecule has 0 radical (unpaired) electrons.